The predicted octanol–water partition coefficient (Wildman–Crippen LogP) is 5.70. The van der Waals surface area contributed by atoms with Crippen molar-refractivity contribution in [1.82, 2.24) is 10.2 Å². The normalized spacial score (nSPS) is 18.2. The number of methoxy groups -OCH3 is 1. The molecular formula is C27H29F4N4O2S2-. The quantitative estimate of drug-likeness (QED) is 0.138. The average molecular weight is 582 g/mol. The van der Waals surface area contributed by atoms with E-state index in [1.807, 2.05) is 11.9 Å². The molecule has 0 amide bonds. The van der Waals surface area contributed by atoms with Crippen LogP contribution in [-0.4, -0.2) is 57.1 Å². The highest BCUT2D eigenvalue weighted by Gasteiger charge is 2.32. The molecule has 0 bridgehead atoms. The van der Waals surface area contributed by atoms with Gasteiger partial charge in [-0.3, -0.25) is 0 Å². The molecule has 210 valence electrons. The predicted molar refractivity (Wildman–Crippen MR) is 147 cm³/mol. The van der Waals surface area contributed by atoms with Gasteiger partial charge in [-0.05, 0) is 36.6 Å². The van der Waals surface area contributed by atoms with E-state index in [2.05, 4.69) is 22.5 Å². The largest absolute Gasteiger partial charge is 0.496 e. The van der Waals surface area contributed by atoms with Gasteiger partial charge in [0, 0.05) is 25.2 Å². The Morgan fingerprint density at radius 2 is 2.08 bits per heavy atom. The minimum absolute atomic E-state index is 0.125. The molecular weight excluding hydrogens is 552 g/mol. The third-order valence-electron chi connectivity index (χ3n) is 6.48. The molecule has 1 aliphatic rings. The molecule has 2 atom stereocenters. The van der Waals surface area contributed by atoms with Crippen LogP contribution in [0.25, 0.3) is 10.1 Å². The van der Waals surface area contributed by atoms with Crippen LogP contribution in [0.1, 0.15) is 22.4 Å². The summed E-state index contributed by atoms with van der Waals surface area (Å²) in [5, 5.41) is 6.83. The molecule has 0 spiro atoms. The summed E-state index contributed by atoms with van der Waals surface area (Å²) in [6.07, 6.45) is -5.99. The molecule has 1 saturated heterocycles. The van der Waals surface area contributed by atoms with E-state index in [1.54, 1.807) is 30.3 Å². The van der Waals surface area contributed by atoms with Crippen LogP contribution in [0, 0.1) is 16.6 Å². The minimum atomic E-state index is -4.41. The van der Waals surface area contributed by atoms with Gasteiger partial charge in [0.1, 0.15) is 11.9 Å². The summed E-state index contributed by atoms with van der Waals surface area (Å²) in [5.41, 5.74) is 1.51. The highest BCUT2D eigenvalue weighted by atomic mass is 32.2. The molecule has 2 heterocycles. The van der Waals surface area contributed by atoms with Crippen LogP contribution in [0.2, 0.25) is 0 Å². The molecule has 1 aromatic heterocycles. The second-order valence-corrected chi connectivity index (χ2v) is 11.4. The third-order valence-corrected chi connectivity index (χ3v) is 8.36. The lowest BCUT2D eigenvalue weighted by Gasteiger charge is -2.33. The summed E-state index contributed by atoms with van der Waals surface area (Å²) in [7, 11) is 1.46. The van der Waals surface area contributed by atoms with Crippen LogP contribution < -0.4 is 15.4 Å². The van der Waals surface area contributed by atoms with Gasteiger partial charge in [-0.25, -0.2) is 4.39 Å². The van der Waals surface area contributed by atoms with Crippen LogP contribution in [0.15, 0.2) is 41.3 Å². The number of nitrogens with zero attached hydrogens (tertiary/aromatic N) is 1. The summed E-state index contributed by atoms with van der Waals surface area (Å²) >= 11 is 1.18. The average Bonchev–Trinajstić information content (AvgIpc) is 3.22. The van der Waals surface area contributed by atoms with Crippen LogP contribution >= 0.6 is 11.3 Å². The number of anilines is 1. The number of hydrogen-bond acceptors (Lipinski definition) is 8. The van der Waals surface area contributed by atoms with Crippen molar-refractivity contribution in [2.45, 2.75) is 42.7 Å². The number of thiophene rings is 1. The van der Waals surface area contributed by atoms with Crippen molar-refractivity contribution in [3.8, 4) is 17.6 Å². The summed E-state index contributed by atoms with van der Waals surface area (Å²) in [5.74, 6) is 6.30. The van der Waals surface area contributed by atoms with Crippen molar-refractivity contribution in [3.05, 3.63) is 52.4 Å². The summed E-state index contributed by atoms with van der Waals surface area (Å²) in [6, 6.07) is 9.53. The Labute approximate surface area is 230 Å². The molecule has 4 rings (SSSR count). The van der Waals surface area contributed by atoms with Crippen molar-refractivity contribution in [2.24, 2.45) is 0 Å². The summed E-state index contributed by atoms with van der Waals surface area (Å²) in [4.78, 5) is 2.57. The fourth-order valence-electron chi connectivity index (χ4n) is 4.55. The first-order valence-electron chi connectivity index (χ1n) is 12.3. The van der Waals surface area contributed by atoms with Crippen molar-refractivity contribution in [2.75, 3.05) is 39.1 Å². The van der Waals surface area contributed by atoms with Gasteiger partial charge in [0.2, 0.25) is 0 Å². The molecule has 3 N–H and O–H groups in total. The molecule has 3 aromatic rings. The SMILES string of the molecule is COc1cc([S-](=N)=O)ccc1CNCC#Cc1sc2c(NC3CCN(C)C[C@H]3F)cccc2c1CC(F)(F)F. The molecule has 6 nitrogen and oxygen atoms in total. The van der Waals surface area contributed by atoms with Crippen molar-refractivity contribution in [1.29, 1.82) is 4.78 Å². The van der Waals surface area contributed by atoms with E-state index in [-0.39, 0.29) is 12.1 Å². The number of ether oxygens (including phenoxy) is 1. The second kappa shape index (κ2) is 12.6. The van der Waals surface area contributed by atoms with E-state index in [1.165, 1.54) is 24.5 Å². The van der Waals surface area contributed by atoms with Crippen molar-refractivity contribution in [3.63, 3.8) is 0 Å². The van der Waals surface area contributed by atoms with Crippen LogP contribution in [0.5, 0.6) is 5.75 Å². The number of rotatable bonds is 8. The van der Waals surface area contributed by atoms with E-state index in [9.17, 15) is 21.8 Å². The number of alkyl halides is 4. The van der Waals surface area contributed by atoms with Gasteiger partial charge in [0.25, 0.3) is 0 Å². The number of nitrogens with one attached hydrogen (secondary N) is 3. The summed E-state index contributed by atoms with van der Waals surface area (Å²) in [6.45, 7) is 1.61. The van der Waals surface area contributed by atoms with Gasteiger partial charge < -0.3 is 29.3 Å². The Hall–Kier alpha value is -2.85. The number of likely N-dealkylation sites (tertiary alicyclic amines) is 1. The molecule has 2 aromatic carbocycles. The zero-order valence-electron chi connectivity index (χ0n) is 21.5. The van der Waals surface area contributed by atoms with E-state index in [0.717, 1.165) is 12.1 Å². The van der Waals surface area contributed by atoms with Gasteiger partial charge in [-0.1, -0.05) is 41.0 Å². The monoisotopic (exact) mass is 581 g/mol. The fraction of sp³-hybridized carbons (Fsp3) is 0.407. The molecule has 39 heavy (non-hydrogen) atoms. The van der Waals surface area contributed by atoms with Gasteiger partial charge >= 0.3 is 6.18 Å². The molecule has 0 aliphatic carbocycles. The van der Waals surface area contributed by atoms with Gasteiger partial charge in [-0.15, -0.1) is 11.3 Å². The maximum atomic E-state index is 14.6. The zero-order valence-corrected chi connectivity index (χ0v) is 23.1. The zero-order chi connectivity index (χ0) is 28.2. The minimum Gasteiger partial charge on any atom is -0.496 e. The fourth-order valence-corrected chi connectivity index (χ4v) is 6.13. The highest BCUT2D eigenvalue weighted by Crippen LogP contribution is 2.39. The molecule has 0 saturated carbocycles. The standard InChI is InChI=1S/C27H29F4N4O2S2/c1-35-12-10-22(21(28)16-35)34-23-6-3-5-19-20(14-27(29,30)31)25(38-26(19)23)7-4-11-33-15-17-8-9-18(39(32)36)13-24(17)37-2/h3,5-6,8-9,13,21-22,32-34H,10-12,14-16H2,1-2H3/q-1/t21-,22?/m1/s1. The third kappa shape index (κ3) is 7.42. The molecule has 1 fully saturated rings. The molecule has 12 heteroatoms. The lowest BCUT2D eigenvalue weighted by molar-refractivity contribution is -0.126. The first-order valence-corrected chi connectivity index (χ1v) is 14.2. The maximum Gasteiger partial charge on any atom is 0.393 e. The Morgan fingerprint density at radius 1 is 1.28 bits per heavy atom. The molecule has 1 unspecified atom stereocenters. The summed E-state index contributed by atoms with van der Waals surface area (Å²) < 4.78 is 79.8. The van der Waals surface area contributed by atoms with E-state index in [4.69, 9.17) is 9.52 Å². The number of hydrogen-bond donors (Lipinski definition) is 3. The van der Waals surface area contributed by atoms with Crippen LogP contribution in [-0.2, 0) is 27.8 Å². The lowest BCUT2D eigenvalue weighted by atomic mass is 10.0. The lowest BCUT2D eigenvalue weighted by Crippen LogP contribution is -2.46. The smallest absolute Gasteiger partial charge is 0.393 e. The van der Waals surface area contributed by atoms with Crippen molar-refractivity contribution < 1.29 is 26.5 Å². The van der Waals surface area contributed by atoms with Crippen molar-refractivity contribution >= 4 is 37.7 Å². The van der Waals surface area contributed by atoms with Crippen LogP contribution in [0.4, 0.5) is 23.2 Å². The van der Waals surface area contributed by atoms with Gasteiger partial charge in [0.05, 0.1) is 41.4 Å². The number of benzene rings is 2. The van der Waals surface area contributed by atoms with Gasteiger partial charge in [-0.2, -0.15) is 23.8 Å². The first kappa shape index (κ1) is 29.1. The van der Waals surface area contributed by atoms with Crippen LogP contribution in [0.3, 0.4) is 0 Å². The number of halogens is 4. The first-order chi connectivity index (χ1) is 18.6. The van der Waals surface area contributed by atoms with E-state index < -0.39 is 35.4 Å². The second-order valence-electron chi connectivity index (χ2n) is 9.35. The van der Waals surface area contributed by atoms with E-state index >= 15 is 0 Å². The van der Waals surface area contributed by atoms with Gasteiger partial charge in [0.15, 0.2) is 0 Å². The Kier molecular flexibility index (Phi) is 9.38. The molecule has 0 radical (unpaired) electrons. The Bertz CT molecular complexity index is 1450. The maximum absolute atomic E-state index is 14.6. The number of piperidine rings is 1. The Balaban J connectivity index is 1.54. The van der Waals surface area contributed by atoms with E-state index in [0.29, 0.717) is 50.8 Å². The Morgan fingerprint density at radius 3 is 2.77 bits per heavy atom. The number of fused-ring (bicyclic) bond motifs is 1. The molecule has 1 aliphatic heterocycles. The highest BCUT2D eigenvalue weighted by molar-refractivity contribution is 7.73. The topological polar surface area (TPSA) is 77.4 Å².